The number of nitrogens with one attached hydrogen (secondary N) is 2. The minimum atomic E-state index is -0.313. The Labute approximate surface area is 205 Å². The number of hydrogen-bond acceptors (Lipinski definition) is 5. The average molecular weight is 534 g/mol. The zero-order valence-electron chi connectivity index (χ0n) is 17.8. The second-order valence-corrected chi connectivity index (χ2v) is 10.1. The summed E-state index contributed by atoms with van der Waals surface area (Å²) < 4.78 is 7.99. The molecule has 2 aromatic heterocycles. The summed E-state index contributed by atoms with van der Waals surface area (Å²) in [6.45, 7) is 0.666. The third-order valence-electron chi connectivity index (χ3n) is 5.43. The van der Waals surface area contributed by atoms with Crippen LogP contribution in [0.15, 0.2) is 41.0 Å². The number of hydrogen-bond donors (Lipinski definition) is 2. The number of halogens is 1. The second-order valence-electron chi connectivity index (χ2n) is 7.72. The van der Waals surface area contributed by atoms with Gasteiger partial charge in [0.2, 0.25) is 0 Å². The maximum absolute atomic E-state index is 12.6. The number of methoxy groups -OCH3 is 1. The van der Waals surface area contributed by atoms with Gasteiger partial charge in [0.05, 0.1) is 19.2 Å². The van der Waals surface area contributed by atoms with E-state index in [0.717, 1.165) is 46.3 Å². The first kappa shape index (κ1) is 22.9. The zero-order chi connectivity index (χ0) is 22.5. The molecule has 1 aliphatic rings. The van der Waals surface area contributed by atoms with Gasteiger partial charge in [-0.15, -0.1) is 11.3 Å². The highest BCUT2D eigenvalue weighted by molar-refractivity contribution is 9.10. The number of rotatable bonds is 5. The lowest BCUT2D eigenvalue weighted by atomic mass is 9.96. The molecule has 0 fully saturated rings. The van der Waals surface area contributed by atoms with Gasteiger partial charge in [-0.3, -0.25) is 4.68 Å². The highest BCUT2D eigenvalue weighted by Gasteiger charge is 2.25. The van der Waals surface area contributed by atoms with Gasteiger partial charge in [0.15, 0.2) is 10.9 Å². The van der Waals surface area contributed by atoms with E-state index in [1.807, 2.05) is 29.1 Å². The largest absolute Gasteiger partial charge is 0.465 e. The Morgan fingerprint density at radius 3 is 2.66 bits per heavy atom. The predicted octanol–water partition coefficient (Wildman–Crippen LogP) is 6.01. The molecule has 0 atom stereocenters. The Kier molecular flexibility index (Phi) is 7.59. The summed E-state index contributed by atoms with van der Waals surface area (Å²) in [5, 5.41) is 12.0. The molecule has 0 radical (unpaired) electrons. The molecule has 0 unspecified atom stereocenters. The predicted molar refractivity (Wildman–Crippen MR) is 137 cm³/mol. The lowest BCUT2D eigenvalue weighted by Gasteiger charge is -2.11. The highest BCUT2D eigenvalue weighted by atomic mass is 79.9. The molecule has 4 rings (SSSR count). The van der Waals surface area contributed by atoms with Crippen molar-refractivity contribution in [1.29, 1.82) is 0 Å². The number of anilines is 2. The number of nitrogens with zero attached hydrogens (tertiary/aromatic N) is 2. The molecule has 2 heterocycles. The maximum atomic E-state index is 12.6. The van der Waals surface area contributed by atoms with Gasteiger partial charge in [0, 0.05) is 21.6 Å². The van der Waals surface area contributed by atoms with Crippen molar-refractivity contribution in [1.82, 2.24) is 9.78 Å². The number of fused-ring (bicyclic) bond motifs is 1. The number of thiocarbonyl (C=S) groups is 1. The number of aryl methyl sites for hydroxylation is 1. The first-order valence-electron chi connectivity index (χ1n) is 10.6. The molecule has 2 N–H and O–H groups in total. The molecule has 0 aliphatic heterocycles. The van der Waals surface area contributed by atoms with Crippen molar-refractivity contribution in [3.8, 4) is 0 Å². The topological polar surface area (TPSA) is 68.2 Å². The monoisotopic (exact) mass is 532 g/mol. The number of carbonyl (C=O) groups excluding carboxylic acids is 1. The summed E-state index contributed by atoms with van der Waals surface area (Å²) in [7, 11) is 1.42. The molecular weight excluding hydrogens is 508 g/mol. The highest BCUT2D eigenvalue weighted by Crippen LogP contribution is 2.37. The van der Waals surface area contributed by atoms with Crippen LogP contribution in [0.3, 0.4) is 0 Å². The van der Waals surface area contributed by atoms with Crippen molar-refractivity contribution in [3.05, 3.63) is 62.6 Å². The second kappa shape index (κ2) is 10.6. The van der Waals surface area contributed by atoms with Gasteiger partial charge < -0.3 is 15.4 Å². The summed E-state index contributed by atoms with van der Waals surface area (Å²) in [4.78, 5) is 13.8. The molecular formula is C23H25BrN4O2S2. The van der Waals surface area contributed by atoms with E-state index in [0.29, 0.717) is 23.0 Å². The summed E-state index contributed by atoms with van der Waals surface area (Å²) in [5.74, 6) is 0.335. The standard InChI is InChI=1S/C23H25BrN4O2S2/c1-30-22(29)20-17-6-4-2-3-5-7-18(17)32-21(20)26-23(31)25-19-12-13-28(27-19)14-15-8-10-16(24)11-9-15/h8-13H,2-7,14H2,1H3,(H2,25,26,27,31). The van der Waals surface area contributed by atoms with E-state index in [1.54, 1.807) is 11.3 Å². The quantitative estimate of drug-likeness (QED) is 0.309. The van der Waals surface area contributed by atoms with E-state index in [-0.39, 0.29) is 5.97 Å². The van der Waals surface area contributed by atoms with E-state index < -0.39 is 0 Å². The fraction of sp³-hybridized carbons (Fsp3) is 0.348. The van der Waals surface area contributed by atoms with E-state index in [1.165, 1.54) is 24.8 Å². The molecule has 9 heteroatoms. The van der Waals surface area contributed by atoms with E-state index in [9.17, 15) is 4.79 Å². The number of aromatic nitrogens is 2. The molecule has 0 saturated carbocycles. The number of carbonyl (C=O) groups is 1. The van der Waals surface area contributed by atoms with Crippen LogP contribution >= 0.6 is 39.5 Å². The van der Waals surface area contributed by atoms with Crippen LogP contribution in [0.4, 0.5) is 10.8 Å². The Hall–Kier alpha value is -2.23. The Bertz CT molecular complexity index is 1110. The first-order valence-corrected chi connectivity index (χ1v) is 12.6. The van der Waals surface area contributed by atoms with Crippen molar-refractivity contribution in [2.75, 3.05) is 17.7 Å². The Morgan fingerprint density at radius 1 is 1.16 bits per heavy atom. The molecule has 1 aromatic carbocycles. The van der Waals surface area contributed by atoms with Crippen LogP contribution in [-0.4, -0.2) is 28.0 Å². The molecule has 32 heavy (non-hydrogen) atoms. The van der Waals surface area contributed by atoms with Crippen LogP contribution in [0.5, 0.6) is 0 Å². The molecule has 0 saturated heterocycles. The summed E-state index contributed by atoms with van der Waals surface area (Å²) in [5.41, 5.74) is 2.90. The van der Waals surface area contributed by atoms with Crippen molar-refractivity contribution in [3.63, 3.8) is 0 Å². The maximum Gasteiger partial charge on any atom is 0.341 e. The van der Waals surface area contributed by atoms with Crippen molar-refractivity contribution >= 4 is 61.4 Å². The van der Waals surface area contributed by atoms with E-state index >= 15 is 0 Å². The zero-order valence-corrected chi connectivity index (χ0v) is 21.0. The van der Waals surface area contributed by atoms with Gasteiger partial charge in [-0.25, -0.2) is 4.79 Å². The normalized spacial score (nSPS) is 13.6. The van der Waals surface area contributed by atoms with Crippen LogP contribution in [0.25, 0.3) is 0 Å². The fourth-order valence-corrected chi connectivity index (χ4v) is 5.69. The van der Waals surface area contributed by atoms with Gasteiger partial charge in [-0.2, -0.15) is 5.10 Å². The number of ether oxygens (including phenoxy) is 1. The third kappa shape index (κ3) is 5.57. The van der Waals surface area contributed by atoms with Crippen LogP contribution in [0, 0.1) is 0 Å². The van der Waals surface area contributed by atoms with Crippen molar-refractivity contribution < 1.29 is 9.53 Å². The number of benzene rings is 1. The number of esters is 1. The molecule has 168 valence electrons. The van der Waals surface area contributed by atoms with Crippen LogP contribution in [-0.2, 0) is 24.1 Å². The minimum Gasteiger partial charge on any atom is -0.465 e. The smallest absolute Gasteiger partial charge is 0.341 e. The van der Waals surface area contributed by atoms with Crippen LogP contribution in [0.1, 0.15) is 52.0 Å². The average Bonchev–Trinajstić information content (AvgIpc) is 3.33. The molecule has 0 amide bonds. The van der Waals surface area contributed by atoms with Gasteiger partial charge in [0.25, 0.3) is 0 Å². The molecule has 6 nitrogen and oxygen atoms in total. The lowest BCUT2D eigenvalue weighted by molar-refractivity contribution is 0.0601. The number of thiophene rings is 1. The molecule has 0 bridgehead atoms. The summed E-state index contributed by atoms with van der Waals surface area (Å²) in [6.07, 6.45) is 8.46. The van der Waals surface area contributed by atoms with E-state index in [2.05, 4.69) is 43.8 Å². The van der Waals surface area contributed by atoms with Crippen LogP contribution < -0.4 is 10.6 Å². The lowest BCUT2D eigenvalue weighted by Crippen LogP contribution is -2.20. The first-order chi connectivity index (χ1) is 15.5. The SMILES string of the molecule is COC(=O)c1c(NC(=S)Nc2ccn(Cc3ccc(Br)cc3)n2)sc2c1CCCCCC2. The van der Waals surface area contributed by atoms with Crippen molar-refractivity contribution in [2.24, 2.45) is 0 Å². The van der Waals surface area contributed by atoms with Crippen molar-refractivity contribution in [2.45, 2.75) is 45.1 Å². The molecule has 0 spiro atoms. The van der Waals surface area contributed by atoms with Gasteiger partial charge in [0.1, 0.15) is 5.00 Å². The van der Waals surface area contributed by atoms with E-state index in [4.69, 9.17) is 17.0 Å². The summed E-state index contributed by atoms with van der Waals surface area (Å²) >= 11 is 10.6. The van der Waals surface area contributed by atoms with Gasteiger partial charge in [-0.05, 0) is 61.2 Å². The third-order valence-corrected chi connectivity index (χ3v) is 7.37. The Morgan fingerprint density at radius 2 is 1.91 bits per heavy atom. The minimum absolute atomic E-state index is 0.313. The Balaban J connectivity index is 1.46. The van der Waals surface area contributed by atoms with Crippen LogP contribution in [0.2, 0.25) is 0 Å². The molecule has 1 aliphatic carbocycles. The fourth-order valence-electron chi connectivity index (χ4n) is 3.87. The van der Waals surface area contributed by atoms with Gasteiger partial charge in [-0.1, -0.05) is 40.9 Å². The summed E-state index contributed by atoms with van der Waals surface area (Å²) in [6, 6.07) is 10.0. The molecule has 3 aromatic rings. The van der Waals surface area contributed by atoms with Gasteiger partial charge >= 0.3 is 5.97 Å².